The van der Waals surface area contributed by atoms with E-state index in [1.54, 1.807) is 11.0 Å². The first-order chi connectivity index (χ1) is 11.1. The maximum atomic E-state index is 6.23. The van der Waals surface area contributed by atoms with Crippen molar-refractivity contribution in [1.29, 1.82) is 0 Å². The molecule has 2 aromatic carbocycles. The monoisotopic (exact) mass is 306 g/mol. The fourth-order valence-electron chi connectivity index (χ4n) is 2.90. The minimum absolute atomic E-state index is 0.784. The highest BCUT2D eigenvalue weighted by Gasteiger charge is 2.12. The number of H-pyrrole nitrogens is 1. The summed E-state index contributed by atoms with van der Waals surface area (Å²) in [5.74, 6) is 0. The van der Waals surface area contributed by atoms with Crippen LogP contribution in [0.15, 0.2) is 30.6 Å². The molecule has 0 aliphatic rings. The molecule has 4 N–H and O–H groups in total. The molecular formula is C17H18N6. The first-order valence-corrected chi connectivity index (χ1v) is 7.49. The van der Waals surface area contributed by atoms with Crippen LogP contribution in [0.25, 0.3) is 21.8 Å². The molecule has 4 rings (SSSR count). The van der Waals surface area contributed by atoms with Gasteiger partial charge in [0.2, 0.25) is 0 Å². The van der Waals surface area contributed by atoms with Gasteiger partial charge in [-0.25, -0.2) is 0 Å². The zero-order chi connectivity index (χ0) is 16.1. The van der Waals surface area contributed by atoms with E-state index in [9.17, 15) is 0 Å². The molecule has 2 aromatic heterocycles. The molecule has 0 saturated heterocycles. The van der Waals surface area contributed by atoms with Crippen molar-refractivity contribution in [3.05, 3.63) is 47.3 Å². The molecule has 0 atom stereocenters. The van der Waals surface area contributed by atoms with Gasteiger partial charge in [0.25, 0.3) is 0 Å². The van der Waals surface area contributed by atoms with Gasteiger partial charge in [0, 0.05) is 16.5 Å². The van der Waals surface area contributed by atoms with Crippen LogP contribution < -0.4 is 11.2 Å². The number of nitrogens with one attached hydrogen (secondary N) is 2. The number of aryl methyl sites for hydroxylation is 2. The number of aromatic amines is 1. The third-order valence-corrected chi connectivity index (χ3v) is 4.50. The topological polar surface area (TPSA) is 84.5 Å². The number of aromatic nitrogens is 4. The van der Waals surface area contributed by atoms with Gasteiger partial charge in [0.15, 0.2) is 0 Å². The highest BCUT2D eigenvalue weighted by Crippen LogP contribution is 2.29. The highest BCUT2D eigenvalue weighted by atomic mass is 15.6. The molecule has 0 spiro atoms. The molecule has 0 unspecified atom stereocenters. The number of benzene rings is 2. The van der Waals surface area contributed by atoms with Crippen molar-refractivity contribution in [3.63, 3.8) is 0 Å². The highest BCUT2D eigenvalue weighted by molar-refractivity contribution is 5.95. The predicted octanol–water partition coefficient (Wildman–Crippen LogP) is 3.30. The molecule has 2 heterocycles. The number of nitrogen functional groups attached to an aromatic ring is 1. The second kappa shape index (κ2) is 4.74. The lowest BCUT2D eigenvalue weighted by Crippen LogP contribution is -2.12. The van der Waals surface area contributed by atoms with Crippen LogP contribution in [-0.4, -0.2) is 20.1 Å². The number of fused-ring (bicyclic) bond motifs is 2. The zero-order valence-corrected chi connectivity index (χ0v) is 13.3. The summed E-state index contributed by atoms with van der Waals surface area (Å²) < 4.78 is 0. The fraction of sp³-hybridized carbons (Fsp3) is 0.176. The summed E-state index contributed by atoms with van der Waals surface area (Å²) in [6, 6.07) is 6.18. The van der Waals surface area contributed by atoms with Crippen LogP contribution in [0.1, 0.15) is 16.7 Å². The Bertz CT molecular complexity index is 1040. The molecule has 116 valence electrons. The van der Waals surface area contributed by atoms with E-state index in [1.807, 2.05) is 19.2 Å². The van der Waals surface area contributed by atoms with Gasteiger partial charge in [-0.1, -0.05) is 6.07 Å². The fourth-order valence-corrected chi connectivity index (χ4v) is 2.90. The maximum absolute atomic E-state index is 6.23. The van der Waals surface area contributed by atoms with E-state index in [1.165, 1.54) is 0 Å². The number of hydrogen-bond acceptors (Lipinski definition) is 4. The molecule has 6 nitrogen and oxygen atoms in total. The summed E-state index contributed by atoms with van der Waals surface area (Å²) in [5, 5.41) is 13.6. The van der Waals surface area contributed by atoms with Crippen LogP contribution in [0.4, 0.5) is 11.4 Å². The van der Waals surface area contributed by atoms with E-state index in [2.05, 4.69) is 46.7 Å². The standard InChI is InChI=1S/C17H18N6/c1-9-4-5-14-12(7-19-21-14)17(9)22-23-15-6-10(2)11(3)16(18)13(15)8-20-23/h4-8,22H,18H2,1-3H3,(H,19,21). The SMILES string of the molecule is Cc1cc2c(cnn2Nc2c(C)ccc3[nH]ncc23)c(N)c1C. The van der Waals surface area contributed by atoms with Crippen LogP contribution in [0.2, 0.25) is 0 Å². The van der Waals surface area contributed by atoms with Crippen LogP contribution in [0, 0.1) is 20.8 Å². The van der Waals surface area contributed by atoms with Gasteiger partial charge < -0.3 is 5.73 Å². The molecule has 23 heavy (non-hydrogen) atoms. The summed E-state index contributed by atoms with van der Waals surface area (Å²) in [6.07, 6.45) is 3.62. The van der Waals surface area contributed by atoms with Gasteiger partial charge in [0.1, 0.15) is 0 Å². The van der Waals surface area contributed by atoms with E-state index in [4.69, 9.17) is 5.73 Å². The van der Waals surface area contributed by atoms with E-state index < -0.39 is 0 Å². The van der Waals surface area contributed by atoms with Crippen LogP contribution in [0.5, 0.6) is 0 Å². The molecule has 6 heteroatoms. The number of nitrogens with two attached hydrogens (primary N) is 1. The minimum atomic E-state index is 0.784. The lowest BCUT2D eigenvalue weighted by atomic mass is 10.1. The molecule has 0 amide bonds. The van der Waals surface area contributed by atoms with Crippen molar-refractivity contribution in [2.24, 2.45) is 0 Å². The first kappa shape index (κ1) is 13.6. The van der Waals surface area contributed by atoms with E-state index in [0.717, 1.165) is 49.9 Å². The number of nitrogens with zero attached hydrogens (tertiary/aromatic N) is 3. The van der Waals surface area contributed by atoms with Crippen molar-refractivity contribution < 1.29 is 0 Å². The van der Waals surface area contributed by atoms with Gasteiger partial charge in [-0.3, -0.25) is 10.5 Å². The number of anilines is 2. The third-order valence-electron chi connectivity index (χ3n) is 4.50. The van der Waals surface area contributed by atoms with Gasteiger partial charge in [-0.2, -0.15) is 15.0 Å². The lowest BCUT2D eigenvalue weighted by Gasteiger charge is -2.13. The van der Waals surface area contributed by atoms with E-state index in [-0.39, 0.29) is 0 Å². The Labute approximate surface area is 133 Å². The Morgan fingerprint density at radius 1 is 1.09 bits per heavy atom. The Balaban J connectivity index is 1.90. The maximum Gasteiger partial charge on any atom is 0.0946 e. The van der Waals surface area contributed by atoms with Gasteiger partial charge in [-0.15, -0.1) is 0 Å². The van der Waals surface area contributed by atoms with Crippen LogP contribution >= 0.6 is 0 Å². The Hall–Kier alpha value is -3.02. The smallest absolute Gasteiger partial charge is 0.0946 e. The predicted molar refractivity (Wildman–Crippen MR) is 93.5 cm³/mol. The molecule has 0 saturated carbocycles. The molecule has 4 aromatic rings. The van der Waals surface area contributed by atoms with Gasteiger partial charge >= 0.3 is 0 Å². The van der Waals surface area contributed by atoms with Gasteiger partial charge in [-0.05, 0) is 49.6 Å². The van der Waals surface area contributed by atoms with Crippen molar-refractivity contribution in [1.82, 2.24) is 20.1 Å². The molecule has 0 aliphatic heterocycles. The second-order valence-electron chi connectivity index (χ2n) is 5.92. The normalized spacial score (nSPS) is 11.4. The van der Waals surface area contributed by atoms with Crippen molar-refractivity contribution in [2.75, 3.05) is 11.2 Å². The largest absolute Gasteiger partial charge is 0.398 e. The molecule has 0 bridgehead atoms. The average molecular weight is 306 g/mol. The molecule has 0 aliphatic carbocycles. The van der Waals surface area contributed by atoms with Crippen molar-refractivity contribution in [3.8, 4) is 0 Å². The zero-order valence-electron chi connectivity index (χ0n) is 13.3. The molecular weight excluding hydrogens is 288 g/mol. The molecule has 0 radical (unpaired) electrons. The molecule has 0 fully saturated rings. The minimum Gasteiger partial charge on any atom is -0.398 e. The first-order valence-electron chi connectivity index (χ1n) is 7.49. The second-order valence-corrected chi connectivity index (χ2v) is 5.92. The lowest BCUT2D eigenvalue weighted by molar-refractivity contribution is 0.832. The van der Waals surface area contributed by atoms with Crippen molar-refractivity contribution in [2.45, 2.75) is 20.8 Å². The summed E-state index contributed by atoms with van der Waals surface area (Å²) in [5.41, 5.74) is 16.7. The van der Waals surface area contributed by atoms with Gasteiger partial charge in [0.05, 0.1) is 29.1 Å². The summed E-state index contributed by atoms with van der Waals surface area (Å²) >= 11 is 0. The quantitative estimate of drug-likeness (QED) is 0.496. The Kier molecular flexibility index (Phi) is 2.81. The Morgan fingerprint density at radius 2 is 1.91 bits per heavy atom. The third kappa shape index (κ3) is 1.95. The number of hydrogen-bond donors (Lipinski definition) is 3. The summed E-state index contributed by atoms with van der Waals surface area (Å²) in [6.45, 7) is 6.15. The van der Waals surface area contributed by atoms with E-state index in [0.29, 0.717) is 0 Å². The number of rotatable bonds is 2. The Morgan fingerprint density at radius 3 is 2.74 bits per heavy atom. The summed E-state index contributed by atoms with van der Waals surface area (Å²) in [7, 11) is 0. The van der Waals surface area contributed by atoms with Crippen LogP contribution in [0.3, 0.4) is 0 Å². The van der Waals surface area contributed by atoms with Crippen LogP contribution in [-0.2, 0) is 0 Å². The average Bonchev–Trinajstić information content (AvgIpc) is 3.15. The summed E-state index contributed by atoms with van der Waals surface area (Å²) in [4.78, 5) is 1.77. The van der Waals surface area contributed by atoms with E-state index >= 15 is 0 Å². The van der Waals surface area contributed by atoms with Crippen molar-refractivity contribution >= 4 is 33.2 Å².